The van der Waals surface area contributed by atoms with Crippen molar-refractivity contribution in [2.45, 2.75) is 110 Å². The Labute approximate surface area is 227 Å². The maximum Gasteiger partial charge on any atom is 0.0637 e. The molecule has 0 bridgehead atoms. The molecule has 0 aromatic carbocycles. The average Bonchev–Trinajstić information content (AvgIpc) is 3.26. The SMILES string of the molecule is CCCCC(C)C1CCC2C3C(OCCN)CC4CC(OCCN)CCC4(C)C3CC(OCCN)C12C. The summed E-state index contributed by atoms with van der Waals surface area (Å²) >= 11 is 0. The number of rotatable bonds is 13. The molecule has 0 spiro atoms. The summed E-state index contributed by atoms with van der Waals surface area (Å²) < 4.78 is 19.7. The zero-order chi connectivity index (χ0) is 26.6. The van der Waals surface area contributed by atoms with Gasteiger partial charge in [0.2, 0.25) is 0 Å². The van der Waals surface area contributed by atoms with E-state index >= 15 is 0 Å². The molecule has 11 unspecified atom stereocenters. The Kier molecular flexibility index (Phi) is 10.4. The van der Waals surface area contributed by atoms with E-state index in [0.717, 1.165) is 31.6 Å². The first-order chi connectivity index (χ1) is 17.8. The van der Waals surface area contributed by atoms with E-state index in [2.05, 4.69) is 27.7 Å². The molecule has 4 aliphatic carbocycles. The minimum absolute atomic E-state index is 0.193. The highest BCUT2D eigenvalue weighted by molar-refractivity contribution is 5.15. The number of hydrogen-bond acceptors (Lipinski definition) is 6. The molecule has 0 aliphatic heterocycles. The molecule has 4 rings (SSSR count). The maximum atomic E-state index is 6.77. The Bertz CT molecular complexity index is 709. The van der Waals surface area contributed by atoms with Crippen LogP contribution in [-0.4, -0.2) is 57.8 Å². The first kappa shape index (κ1) is 29.7. The second-order valence-corrected chi connectivity index (χ2v) is 13.5. The molecule has 4 fully saturated rings. The van der Waals surface area contributed by atoms with E-state index in [0.29, 0.717) is 86.7 Å². The first-order valence-corrected chi connectivity index (χ1v) is 15.8. The molecule has 0 heterocycles. The van der Waals surface area contributed by atoms with Gasteiger partial charge in [-0.15, -0.1) is 0 Å². The fraction of sp³-hybridized carbons (Fsp3) is 1.00. The predicted octanol–water partition coefficient (Wildman–Crippen LogP) is 4.72. The van der Waals surface area contributed by atoms with Crippen molar-refractivity contribution in [3.8, 4) is 0 Å². The zero-order valence-corrected chi connectivity index (χ0v) is 24.5. The van der Waals surface area contributed by atoms with Crippen molar-refractivity contribution in [1.82, 2.24) is 0 Å². The highest BCUT2D eigenvalue weighted by atomic mass is 16.5. The smallest absolute Gasteiger partial charge is 0.0637 e. The lowest BCUT2D eigenvalue weighted by Crippen LogP contribution is -2.63. The van der Waals surface area contributed by atoms with Crippen LogP contribution in [0.25, 0.3) is 0 Å². The quantitative estimate of drug-likeness (QED) is 0.324. The number of fused-ring (bicyclic) bond motifs is 5. The fourth-order valence-electron chi connectivity index (χ4n) is 10.0. The van der Waals surface area contributed by atoms with Crippen molar-refractivity contribution in [1.29, 1.82) is 0 Å². The number of hydrogen-bond donors (Lipinski definition) is 3. The van der Waals surface area contributed by atoms with Crippen molar-refractivity contribution in [3.05, 3.63) is 0 Å². The molecule has 4 aliphatic rings. The average molecular weight is 522 g/mol. The minimum Gasteiger partial charge on any atom is -0.377 e. The largest absolute Gasteiger partial charge is 0.377 e. The van der Waals surface area contributed by atoms with Crippen LogP contribution in [0.2, 0.25) is 0 Å². The van der Waals surface area contributed by atoms with Crippen LogP contribution in [0, 0.1) is 46.3 Å². The zero-order valence-electron chi connectivity index (χ0n) is 24.5. The van der Waals surface area contributed by atoms with E-state index in [1.807, 2.05) is 0 Å². The molecule has 0 radical (unpaired) electrons. The summed E-state index contributed by atoms with van der Waals surface area (Å²) in [7, 11) is 0. The summed E-state index contributed by atoms with van der Waals surface area (Å²) in [6.45, 7) is 13.8. The Balaban J connectivity index is 1.66. The van der Waals surface area contributed by atoms with Gasteiger partial charge in [0.15, 0.2) is 0 Å². The summed E-state index contributed by atoms with van der Waals surface area (Å²) in [4.78, 5) is 0. The molecule has 0 aromatic heterocycles. The number of nitrogens with two attached hydrogens (primary N) is 3. The van der Waals surface area contributed by atoms with Crippen LogP contribution in [0.1, 0.15) is 91.9 Å². The van der Waals surface area contributed by atoms with Gasteiger partial charge in [0.05, 0.1) is 38.1 Å². The molecular weight excluding hydrogens is 462 g/mol. The third-order valence-corrected chi connectivity index (χ3v) is 11.8. The van der Waals surface area contributed by atoms with Gasteiger partial charge in [-0.25, -0.2) is 0 Å². The molecule has 37 heavy (non-hydrogen) atoms. The van der Waals surface area contributed by atoms with Crippen LogP contribution in [-0.2, 0) is 14.2 Å². The summed E-state index contributed by atoms with van der Waals surface area (Å²) in [5.41, 5.74) is 18.3. The van der Waals surface area contributed by atoms with Crippen LogP contribution in [0.4, 0.5) is 0 Å². The van der Waals surface area contributed by atoms with Crippen LogP contribution >= 0.6 is 0 Å². The number of unbranched alkanes of at least 4 members (excludes halogenated alkanes) is 1. The van der Waals surface area contributed by atoms with E-state index in [4.69, 9.17) is 31.4 Å². The van der Waals surface area contributed by atoms with Crippen LogP contribution < -0.4 is 17.2 Å². The Hall–Kier alpha value is -0.240. The van der Waals surface area contributed by atoms with Gasteiger partial charge in [-0.2, -0.15) is 0 Å². The minimum atomic E-state index is 0.193. The second kappa shape index (κ2) is 13.0. The topological polar surface area (TPSA) is 106 Å². The van der Waals surface area contributed by atoms with Crippen molar-refractivity contribution >= 4 is 0 Å². The van der Waals surface area contributed by atoms with E-state index in [1.165, 1.54) is 38.5 Å². The van der Waals surface area contributed by atoms with Gasteiger partial charge in [0, 0.05) is 25.0 Å². The molecule has 6 N–H and O–H groups in total. The van der Waals surface area contributed by atoms with E-state index in [1.54, 1.807) is 0 Å². The highest BCUT2D eigenvalue weighted by Gasteiger charge is 2.66. The molecule has 0 aromatic rings. The summed E-state index contributed by atoms with van der Waals surface area (Å²) in [5.74, 6) is 3.94. The van der Waals surface area contributed by atoms with Crippen molar-refractivity contribution < 1.29 is 14.2 Å². The number of ether oxygens (including phenoxy) is 3. The molecular formula is C31H59N3O3. The molecule has 216 valence electrons. The van der Waals surface area contributed by atoms with Gasteiger partial charge in [-0.1, -0.05) is 47.0 Å². The fourth-order valence-corrected chi connectivity index (χ4v) is 10.0. The molecule has 6 nitrogen and oxygen atoms in total. The molecule has 0 amide bonds. The summed E-state index contributed by atoms with van der Waals surface area (Å²) in [5, 5.41) is 0. The van der Waals surface area contributed by atoms with Crippen LogP contribution in [0.3, 0.4) is 0 Å². The van der Waals surface area contributed by atoms with Crippen molar-refractivity contribution in [2.75, 3.05) is 39.5 Å². The van der Waals surface area contributed by atoms with Crippen LogP contribution in [0.15, 0.2) is 0 Å². The second-order valence-electron chi connectivity index (χ2n) is 13.5. The third-order valence-electron chi connectivity index (χ3n) is 11.8. The summed E-state index contributed by atoms with van der Waals surface area (Å²) in [6.07, 6.45) is 13.3. The summed E-state index contributed by atoms with van der Waals surface area (Å²) in [6, 6.07) is 0. The molecule has 4 saturated carbocycles. The van der Waals surface area contributed by atoms with Gasteiger partial charge in [-0.05, 0) is 85.9 Å². The Morgan fingerprint density at radius 2 is 1.54 bits per heavy atom. The lowest BCUT2D eigenvalue weighted by atomic mass is 9.43. The molecule has 6 heteroatoms. The monoisotopic (exact) mass is 521 g/mol. The third kappa shape index (κ3) is 5.67. The maximum absolute atomic E-state index is 6.77. The first-order valence-electron chi connectivity index (χ1n) is 15.8. The Morgan fingerprint density at radius 1 is 0.838 bits per heavy atom. The van der Waals surface area contributed by atoms with E-state index < -0.39 is 0 Å². The van der Waals surface area contributed by atoms with E-state index in [9.17, 15) is 0 Å². The highest BCUT2D eigenvalue weighted by Crippen LogP contribution is 2.69. The van der Waals surface area contributed by atoms with Gasteiger partial charge in [-0.3, -0.25) is 0 Å². The Morgan fingerprint density at radius 3 is 2.24 bits per heavy atom. The predicted molar refractivity (Wildman–Crippen MR) is 151 cm³/mol. The standard InChI is InChI=1S/C31H59N3O3/c1-5-6-7-21(2)24-8-9-25-29-26(20-28(31(24,25)4)37-17-14-34)30(3)11-10-23(35-15-12-32)18-22(30)19-27(29)36-16-13-33/h21-29H,5-20,32-34H2,1-4H3. The molecule has 11 atom stereocenters. The van der Waals surface area contributed by atoms with Gasteiger partial charge < -0.3 is 31.4 Å². The lowest BCUT2D eigenvalue weighted by Gasteiger charge is -2.64. The van der Waals surface area contributed by atoms with Crippen molar-refractivity contribution in [3.63, 3.8) is 0 Å². The normalized spacial score (nSPS) is 44.2. The van der Waals surface area contributed by atoms with Gasteiger partial charge in [0.25, 0.3) is 0 Å². The van der Waals surface area contributed by atoms with Gasteiger partial charge >= 0.3 is 0 Å². The van der Waals surface area contributed by atoms with Crippen LogP contribution in [0.5, 0.6) is 0 Å². The lowest BCUT2D eigenvalue weighted by molar-refractivity contribution is -0.226. The van der Waals surface area contributed by atoms with Crippen molar-refractivity contribution in [2.24, 2.45) is 63.5 Å². The van der Waals surface area contributed by atoms with E-state index in [-0.39, 0.29) is 11.5 Å². The molecule has 0 saturated heterocycles. The van der Waals surface area contributed by atoms with Gasteiger partial charge in [0.1, 0.15) is 0 Å².